The van der Waals surface area contributed by atoms with Crippen molar-refractivity contribution in [2.45, 2.75) is 52.1 Å². The first-order valence-electron chi connectivity index (χ1n) is 10.6. The number of fused-ring (bicyclic) bond motifs is 1. The molecule has 1 heterocycles. The van der Waals surface area contributed by atoms with Crippen LogP contribution in [0.4, 0.5) is 23.8 Å². The van der Waals surface area contributed by atoms with Crippen molar-refractivity contribution in [3.63, 3.8) is 0 Å². The number of para-hydroxylation sites is 1. The van der Waals surface area contributed by atoms with Crippen molar-refractivity contribution in [1.29, 1.82) is 0 Å². The summed E-state index contributed by atoms with van der Waals surface area (Å²) in [5.74, 6) is -0.851. The SMILES string of the molecule is CCCCC(CC)COCCCNC(=O)NNc1nc(C(F)(F)F)nc2ccccc12. The van der Waals surface area contributed by atoms with Crippen molar-refractivity contribution in [3.05, 3.63) is 30.1 Å². The van der Waals surface area contributed by atoms with Crippen LogP contribution >= 0.6 is 0 Å². The highest BCUT2D eigenvalue weighted by molar-refractivity contribution is 5.89. The molecule has 2 amide bonds. The van der Waals surface area contributed by atoms with E-state index in [0.29, 0.717) is 37.5 Å². The number of rotatable bonds is 12. The predicted molar refractivity (Wildman–Crippen MR) is 113 cm³/mol. The van der Waals surface area contributed by atoms with E-state index in [4.69, 9.17) is 4.74 Å². The van der Waals surface area contributed by atoms with Crippen molar-refractivity contribution in [3.8, 4) is 0 Å². The first-order chi connectivity index (χ1) is 14.8. The van der Waals surface area contributed by atoms with Gasteiger partial charge >= 0.3 is 12.2 Å². The van der Waals surface area contributed by atoms with E-state index in [9.17, 15) is 18.0 Å². The van der Waals surface area contributed by atoms with Crippen LogP contribution in [0.3, 0.4) is 0 Å². The molecule has 1 atom stereocenters. The smallest absolute Gasteiger partial charge is 0.381 e. The van der Waals surface area contributed by atoms with Crippen LogP contribution in [0.15, 0.2) is 24.3 Å². The molecule has 0 fully saturated rings. The van der Waals surface area contributed by atoms with Gasteiger partial charge in [0.2, 0.25) is 5.82 Å². The molecular formula is C21H30F3N5O2. The highest BCUT2D eigenvalue weighted by Gasteiger charge is 2.35. The summed E-state index contributed by atoms with van der Waals surface area (Å²) in [4.78, 5) is 19.0. The van der Waals surface area contributed by atoms with Crippen molar-refractivity contribution in [1.82, 2.24) is 20.7 Å². The van der Waals surface area contributed by atoms with Gasteiger partial charge in [-0.05, 0) is 30.9 Å². The van der Waals surface area contributed by atoms with E-state index in [2.05, 4.69) is 40.0 Å². The maximum atomic E-state index is 13.0. The number of unbranched alkanes of at least 4 members (excludes halogenated alkanes) is 1. The van der Waals surface area contributed by atoms with Gasteiger partial charge in [0.25, 0.3) is 0 Å². The molecule has 0 bridgehead atoms. The number of halogens is 3. The number of hydrogen-bond acceptors (Lipinski definition) is 5. The molecule has 10 heteroatoms. The van der Waals surface area contributed by atoms with Gasteiger partial charge in [0.1, 0.15) is 0 Å². The molecule has 0 aliphatic rings. The van der Waals surface area contributed by atoms with E-state index < -0.39 is 18.0 Å². The summed E-state index contributed by atoms with van der Waals surface area (Å²) < 4.78 is 44.8. The molecule has 2 aromatic rings. The third-order valence-corrected chi connectivity index (χ3v) is 4.80. The topological polar surface area (TPSA) is 88.2 Å². The Bertz CT molecular complexity index is 832. The van der Waals surface area contributed by atoms with Crippen LogP contribution in [-0.2, 0) is 10.9 Å². The van der Waals surface area contributed by atoms with Crippen molar-refractivity contribution in [2.24, 2.45) is 5.92 Å². The summed E-state index contributed by atoms with van der Waals surface area (Å²) in [6.45, 7) is 5.94. The second-order valence-electron chi connectivity index (χ2n) is 7.26. The van der Waals surface area contributed by atoms with E-state index in [1.54, 1.807) is 18.2 Å². The van der Waals surface area contributed by atoms with E-state index in [1.165, 1.54) is 18.9 Å². The molecule has 1 aromatic carbocycles. The van der Waals surface area contributed by atoms with Crippen LogP contribution in [0.25, 0.3) is 10.9 Å². The lowest BCUT2D eigenvalue weighted by Gasteiger charge is -2.15. The Hall–Kier alpha value is -2.62. The molecular weight excluding hydrogens is 411 g/mol. The lowest BCUT2D eigenvalue weighted by atomic mass is 10.0. The number of alkyl halides is 3. The van der Waals surface area contributed by atoms with Crippen molar-refractivity contribution in [2.75, 3.05) is 25.2 Å². The third-order valence-electron chi connectivity index (χ3n) is 4.80. The van der Waals surface area contributed by atoms with Crippen molar-refractivity contribution < 1.29 is 22.7 Å². The maximum Gasteiger partial charge on any atom is 0.451 e. The Labute approximate surface area is 180 Å². The number of anilines is 1. The summed E-state index contributed by atoms with van der Waals surface area (Å²) in [6, 6.07) is 5.66. The van der Waals surface area contributed by atoms with E-state index in [-0.39, 0.29) is 11.3 Å². The zero-order valence-electron chi connectivity index (χ0n) is 17.9. The number of carbonyl (C=O) groups excluding carboxylic acids is 1. The molecule has 7 nitrogen and oxygen atoms in total. The lowest BCUT2D eigenvalue weighted by molar-refractivity contribution is -0.144. The summed E-state index contributed by atoms with van der Waals surface area (Å²) in [5, 5.41) is 2.98. The molecule has 2 rings (SSSR count). The van der Waals surface area contributed by atoms with Crippen LogP contribution < -0.4 is 16.2 Å². The molecule has 0 aliphatic carbocycles. The Balaban J connectivity index is 1.77. The zero-order valence-corrected chi connectivity index (χ0v) is 17.9. The zero-order chi connectivity index (χ0) is 22.7. The van der Waals surface area contributed by atoms with Crippen molar-refractivity contribution >= 4 is 22.8 Å². The minimum Gasteiger partial charge on any atom is -0.381 e. The van der Waals surface area contributed by atoms with Gasteiger partial charge in [0.05, 0.1) is 5.52 Å². The highest BCUT2D eigenvalue weighted by atomic mass is 19.4. The van der Waals surface area contributed by atoms with E-state index >= 15 is 0 Å². The number of carbonyl (C=O) groups is 1. The standard InChI is InChI=1S/C21H30F3N5O2/c1-3-5-9-15(4-2)14-31-13-8-12-25-20(30)29-28-18-16-10-6-7-11-17(16)26-19(27-18)21(22,23)24/h6-7,10-11,15H,3-5,8-9,12-14H2,1-2H3,(H2,25,29,30)(H,26,27,28). The molecule has 1 unspecified atom stereocenters. The molecule has 0 aliphatic heterocycles. The largest absolute Gasteiger partial charge is 0.451 e. The Morgan fingerprint density at radius 3 is 2.65 bits per heavy atom. The fourth-order valence-electron chi connectivity index (χ4n) is 2.98. The van der Waals surface area contributed by atoms with Gasteiger partial charge in [-0.25, -0.2) is 14.8 Å². The molecule has 0 spiro atoms. The Morgan fingerprint density at radius 1 is 1.16 bits per heavy atom. The van der Waals surface area contributed by atoms with Gasteiger partial charge in [-0.2, -0.15) is 13.2 Å². The minimum atomic E-state index is -4.70. The number of nitrogens with zero attached hydrogens (tertiary/aromatic N) is 2. The van der Waals surface area contributed by atoms with Crippen LogP contribution in [0.1, 0.15) is 51.8 Å². The van der Waals surface area contributed by atoms with Gasteiger partial charge in [0, 0.05) is 25.1 Å². The average molecular weight is 441 g/mol. The van der Waals surface area contributed by atoms with Gasteiger partial charge in [0.15, 0.2) is 5.82 Å². The van der Waals surface area contributed by atoms with Gasteiger partial charge in [-0.15, -0.1) is 0 Å². The highest BCUT2D eigenvalue weighted by Crippen LogP contribution is 2.29. The number of benzene rings is 1. The van der Waals surface area contributed by atoms with Crippen LogP contribution in [-0.4, -0.2) is 35.8 Å². The molecule has 0 saturated carbocycles. The number of urea groups is 1. The first-order valence-corrected chi connectivity index (χ1v) is 10.6. The Morgan fingerprint density at radius 2 is 1.94 bits per heavy atom. The number of hydrazine groups is 1. The molecule has 3 N–H and O–H groups in total. The van der Waals surface area contributed by atoms with Crippen LogP contribution in [0.5, 0.6) is 0 Å². The maximum absolute atomic E-state index is 13.0. The van der Waals surface area contributed by atoms with E-state index in [1.807, 2.05) is 0 Å². The van der Waals surface area contributed by atoms with Gasteiger partial charge in [-0.1, -0.05) is 45.2 Å². The molecule has 31 heavy (non-hydrogen) atoms. The minimum absolute atomic E-state index is 0.121. The normalized spacial score (nSPS) is 12.5. The number of aromatic nitrogens is 2. The molecule has 172 valence electrons. The second-order valence-corrected chi connectivity index (χ2v) is 7.26. The third kappa shape index (κ3) is 8.20. The summed E-state index contributed by atoms with van der Waals surface area (Å²) >= 11 is 0. The molecule has 0 radical (unpaired) electrons. The molecule has 1 aromatic heterocycles. The quantitative estimate of drug-likeness (QED) is 0.322. The predicted octanol–water partition coefficient (Wildman–Crippen LogP) is 4.90. The van der Waals surface area contributed by atoms with Crippen LogP contribution in [0.2, 0.25) is 0 Å². The second kappa shape index (κ2) is 12.3. The Kier molecular flexibility index (Phi) is 9.77. The molecule has 0 saturated heterocycles. The van der Waals surface area contributed by atoms with Gasteiger partial charge in [-0.3, -0.25) is 10.9 Å². The number of amides is 2. The van der Waals surface area contributed by atoms with E-state index in [0.717, 1.165) is 12.8 Å². The monoisotopic (exact) mass is 441 g/mol. The average Bonchev–Trinajstić information content (AvgIpc) is 2.75. The van der Waals surface area contributed by atoms with Crippen LogP contribution in [0, 0.1) is 5.92 Å². The number of hydrogen-bond donors (Lipinski definition) is 3. The fourth-order valence-corrected chi connectivity index (χ4v) is 2.98. The lowest BCUT2D eigenvalue weighted by Crippen LogP contribution is -2.40. The first kappa shape index (κ1) is 24.6. The number of ether oxygens (including phenoxy) is 1. The summed E-state index contributed by atoms with van der Waals surface area (Å²) in [7, 11) is 0. The summed E-state index contributed by atoms with van der Waals surface area (Å²) in [5.41, 5.74) is 4.88. The van der Waals surface area contributed by atoms with Gasteiger partial charge < -0.3 is 10.1 Å². The number of nitrogens with one attached hydrogen (secondary N) is 3. The fraction of sp³-hybridized carbons (Fsp3) is 0.571. The summed E-state index contributed by atoms with van der Waals surface area (Å²) in [6.07, 6.45) is 0.546.